The van der Waals surface area contributed by atoms with Crippen molar-refractivity contribution in [1.29, 1.82) is 0 Å². The van der Waals surface area contributed by atoms with Crippen LogP contribution in [0.25, 0.3) is 16.9 Å². The van der Waals surface area contributed by atoms with Gasteiger partial charge < -0.3 is 25.0 Å². The Morgan fingerprint density at radius 3 is 2.53 bits per heavy atom. The van der Waals surface area contributed by atoms with Crippen LogP contribution in [0.15, 0.2) is 48.9 Å². The Bertz CT molecular complexity index is 1790. The molecule has 15 heteroatoms. The Morgan fingerprint density at radius 1 is 1.04 bits per heavy atom. The molecular weight excluding hydrogens is 622 g/mol. The molecule has 47 heavy (non-hydrogen) atoms. The first kappa shape index (κ1) is 32.0. The molecule has 2 aliphatic rings. The highest BCUT2D eigenvalue weighted by Gasteiger charge is 2.30. The van der Waals surface area contributed by atoms with Crippen molar-refractivity contribution in [3.05, 3.63) is 71.7 Å². The minimum absolute atomic E-state index is 0.0525. The largest absolute Gasteiger partial charge is 0.465 e. The van der Waals surface area contributed by atoms with Crippen LogP contribution in [-0.4, -0.2) is 98.6 Å². The van der Waals surface area contributed by atoms with Gasteiger partial charge in [-0.05, 0) is 54.7 Å². The number of halogens is 4. The lowest BCUT2D eigenvalue weighted by Gasteiger charge is -2.36. The maximum absolute atomic E-state index is 14.9. The summed E-state index contributed by atoms with van der Waals surface area (Å²) in [6.45, 7) is 3.20. The molecule has 1 unspecified atom stereocenters. The molecular formula is C32H33F4N7O4. The third kappa shape index (κ3) is 6.66. The number of carbonyl (C=O) groups is 2. The minimum Gasteiger partial charge on any atom is -0.465 e. The Hall–Kier alpha value is -4.92. The van der Waals surface area contributed by atoms with E-state index < -0.39 is 30.1 Å². The molecule has 0 saturated carbocycles. The lowest BCUT2D eigenvalue weighted by atomic mass is 10.0. The number of aromatic nitrogens is 3. The summed E-state index contributed by atoms with van der Waals surface area (Å²) in [7, 11) is 0. The maximum atomic E-state index is 14.9. The number of carboxylic acid groups (broad SMARTS) is 1. The molecule has 1 atom stereocenters. The first-order valence-electron chi connectivity index (χ1n) is 15.3. The topological polar surface area (TPSA) is 116 Å². The van der Waals surface area contributed by atoms with E-state index in [-0.39, 0.29) is 17.2 Å². The summed E-state index contributed by atoms with van der Waals surface area (Å²) in [6, 6.07) is 7.47. The minimum atomic E-state index is -3.30. The number of hydrogen-bond donors (Lipinski definition) is 2. The number of imidazole rings is 1. The van der Waals surface area contributed by atoms with Gasteiger partial charge in [0.1, 0.15) is 0 Å². The normalized spacial score (nSPS) is 17.1. The van der Waals surface area contributed by atoms with Crippen molar-refractivity contribution in [2.24, 2.45) is 5.92 Å². The number of benzene rings is 2. The molecule has 2 N–H and O–H groups in total. The first-order chi connectivity index (χ1) is 22.6. The summed E-state index contributed by atoms with van der Waals surface area (Å²) >= 11 is 0. The highest BCUT2D eigenvalue weighted by Crippen LogP contribution is 2.32. The van der Waals surface area contributed by atoms with Crippen molar-refractivity contribution in [2.45, 2.75) is 26.4 Å². The van der Waals surface area contributed by atoms with Gasteiger partial charge in [-0.25, -0.2) is 19.2 Å². The zero-order valence-corrected chi connectivity index (χ0v) is 25.5. The first-order valence-corrected chi connectivity index (χ1v) is 15.3. The molecule has 4 aromatic rings. The smallest absolute Gasteiger partial charge is 0.407 e. The summed E-state index contributed by atoms with van der Waals surface area (Å²) in [6.07, 6.45) is 4.87. The summed E-state index contributed by atoms with van der Waals surface area (Å²) in [4.78, 5) is 39.1. The zero-order valence-electron chi connectivity index (χ0n) is 25.5. The standard InChI is InChI=1S/C32H33F4N7O4/c1-2-20-15-21(3-4-22(20)30(44)41-13-11-40(12-14-41)17-19-7-9-42(18-19)32(45)46)39-28-29-38-16-24(43(29)10-8-37-28)23-5-6-25(47-31(35)36)27(34)26(23)33/h3-6,8,10,15-16,19,31H,2,7,9,11-14,17-18H2,1H3,(H,37,39)(H,45,46). The van der Waals surface area contributed by atoms with Crippen molar-refractivity contribution in [3.63, 3.8) is 0 Å². The van der Waals surface area contributed by atoms with Gasteiger partial charge in [0.2, 0.25) is 5.82 Å². The number of amides is 2. The van der Waals surface area contributed by atoms with Crippen LogP contribution in [0.4, 0.5) is 33.9 Å². The van der Waals surface area contributed by atoms with E-state index in [1.165, 1.54) is 27.9 Å². The molecule has 4 heterocycles. The molecule has 0 spiro atoms. The van der Waals surface area contributed by atoms with Gasteiger partial charge in [-0.1, -0.05) is 6.92 Å². The Kier molecular flexibility index (Phi) is 9.16. The van der Waals surface area contributed by atoms with Crippen LogP contribution in [0.3, 0.4) is 0 Å². The lowest BCUT2D eigenvalue weighted by Crippen LogP contribution is -2.50. The quantitative estimate of drug-likeness (QED) is 0.233. The van der Waals surface area contributed by atoms with E-state index in [0.29, 0.717) is 61.2 Å². The van der Waals surface area contributed by atoms with Gasteiger partial charge in [-0.2, -0.15) is 13.2 Å². The number of nitrogens with one attached hydrogen (secondary N) is 1. The molecule has 2 aliphatic heterocycles. The number of likely N-dealkylation sites (tertiary alicyclic amines) is 1. The van der Waals surface area contributed by atoms with Crippen molar-refractivity contribution in [2.75, 3.05) is 51.1 Å². The van der Waals surface area contributed by atoms with E-state index >= 15 is 0 Å². The van der Waals surface area contributed by atoms with Gasteiger partial charge in [-0.15, -0.1) is 0 Å². The zero-order chi connectivity index (χ0) is 33.2. The van der Waals surface area contributed by atoms with E-state index in [4.69, 9.17) is 0 Å². The van der Waals surface area contributed by atoms with Crippen molar-refractivity contribution < 1.29 is 37.0 Å². The van der Waals surface area contributed by atoms with E-state index in [0.717, 1.165) is 43.8 Å². The van der Waals surface area contributed by atoms with Crippen LogP contribution in [-0.2, 0) is 6.42 Å². The third-order valence-corrected chi connectivity index (χ3v) is 8.68. The highest BCUT2D eigenvalue weighted by molar-refractivity contribution is 5.96. The average molecular weight is 656 g/mol. The SMILES string of the molecule is CCc1cc(Nc2nccn3c(-c4ccc(OC(F)F)c(F)c4F)cnc23)ccc1C(=O)N1CCN(CC2CCN(C(=O)O)C2)CC1. The second-order valence-electron chi connectivity index (χ2n) is 11.6. The van der Waals surface area contributed by atoms with Crippen LogP contribution >= 0.6 is 0 Å². The number of alkyl halides is 2. The van der Waals surface area contributed by atoms with Gasteiger partial charge in [-0.3, -0.25) is 14.1 Å². The number of carbonyl (C=O) groups excluding carboxylic acids is 1. The van der Waals surface area contributed by atoms with Gasteiger partial charge in [0.25, 0.3) is 5.91 Å². The Balaban J connectivity index is 1.14. The fraction of sp³-hybridized carbons (Fsp3) is 0.375. The van der Waals surface area contributed by atoms with Gasteiger partial charge >= 0.3 is 12.7 Å². The van der Waals surface area contributed by atoms with Crippen LogP contribution in [0.5, 0.6) is 5.75 Å². The molecule has 2 fully saturated rings. The fourth-order valence-electron chi connectivity index (χ4n) is 6.26. The number of fused-ring (bicyclic) bond motifs is 1. The van der Waals surface area contributed by atoms with Gasteiger partial charge in [0.15, 0.2) is 23.0 Å². The Morgan fingerprint density at radius 2 is 1.83 bits per heavy atom. The van der Waals surface area contributed by atoms with E-state index in [9.17, 15) is 32.3 Å². The molecule has 0 radical (unpaired) electrons. The van der Waals surface area contributed by atoms with Crippen molar-refractivity contribution >= 4 is 29.2 Å². The molecule has 2 amide bonds. The molecule has 0 aliphatic carbocycles. The van der Waals surface area contributed by atoms with Gasteiger partial charge in [0, 0.05) is 75.0 Å². The van der Waals surface area contributed by atoms with Crippen LogP contribution < -0.4 is 10.1 Å². The van der Waals surface area contributed by atoms with Crippen LogP contribution in [0, 0.1) is 17.6 Å². The number of rotatable bonds is 9. The monoisotopic (exact) mass is 655 g/mol. The number of piperazine rings is 1. The number of anilines is 2. The molecule has 2 aromatic carbocycles. The molecule has 2 aromatic heterocycles. The van der Waals surface area contributed by atoms with E-state index in [1.807, 2.05) is 17.9 Å². The van der Waals surface area contributed by atoms with Gasteiger partial charge in [0.05, 0.1) is 11.9 Å². The van der Waals surface area contributed by atoms with Crippen molar-refractivity contribution in [1.82, 2.24) is 29.1 Å². The van der Waals surface area contributed by atoms with Crippen LogP contribution in [0.2, 0.25) is 0 Å². The predicted molar refractivity (Wildman–Crippen MR) is 164 cm³/mol. The lowest BCUT2D eigenvalue weighted by molar-refractivity contribution is -0.0525. The van der Waals surface area contributed by atoms with E-state index in [1.54, 1.807) is 12.1 Å². The number of hydrogen-bond acceptors (Lipinski definition) is 7. The predicted octanol–water partition coefficient (Wildman–Crippen LogP) is 5.34. The fourth-order valence-corrected chi connectivity index (χ4v) is 6.26. The Labute approximate surface area is 267 Å². The number of ether oxygens (including phenoxy) is 1. The van der Waals surface area contributed by atoms with E-state index in [2.05, 4.69) is 24.9 Å². The molecule has 0 bridgehead atoms. The number of aryl methyl sites for hydroxylation is 1. The summed E-state index contributed by atoms with van der Waals surface area (Å²) in [5.41, 5.74) is 2.36. The van der Waals surface area contributed by atoms with Crippen LogP contribution in [0.1, 0.15) is 29.3 Å². The number of nitrogens with zero attached hydrogens (tertiary/aromatic N) is 6. The summed E-state index contributed by atoms with van der Waals surface area (Å²) in [5.74, 6) is -3.21. The highest BCUT2D eigenvalue weighted by atomic mass is 19.3. The maximum Gasteiger partial charge on any atom is 0.407 e. The average Bonchev–Trinajstić information content (AvgIpc) is 3.71. The third-order valence-electron chi connectivity index (χ3n) is 8.68. The molecule has 2 saturated heterocycles. The summed E-state index contributed by atoms with van der Waals surface area (Å²) in [5, 5.41) is 12.4. The second kappa shape index (κ2) is 13.4. The second-order valence-corrected chi connectivity index (χ2v) is 11.6. The van der Waals surface area contributed by atoms with Crippen molar-refractivity contribution in [3.8, 4) is 17.0 Å². The molecule has 248 valence electrons. The molecule has 11 nitrogen and oxygen atoms in total. The molecule has 6 rings (SSSR count). The summed E-state index contributed by atoms with van der Waals surface area (Å²) < 4.78 is 60.0.